The molecule has 2 aromatic rings. The number of ether oxygens (including phenoxy) is 1. The van der Waals surface area contributed by atoms with Gasteiger partial charge in [-0.2, -0.15) is 0 Å². The molecule has 1 heterocycles. The predicted octanol–water partition coefficient (Wildman–Crippen LogP) is 3.32. The Morgan fingerprint density at radius 3 is 2.48 bits per heavy atom. The molecule has 0 unspecified atom stereocenters. The van der Waals surface area contributed by atoms with Crippen molar-refractivity contribution in [2.45, 2.75) is 17.6 Å². The van der Waals surface area contributed by atoms with Crippen LogP contribution in [0.1, 0.15) is 12.5 Å². The van der Waals surface area contributed by atoms with Crippen molar-refractivity contribution in [3.8, 4) is 5.75 Å². The van der Waals surface area contributed by atoms with Crippen LogP contribution in [0.3, 0.4) is 0 Å². The highest BCUT2D eigenvalue weighted by atomic mass is 35.5. The second-order valence-electron chi connectivity index (χ2n) is 4.30. The van der Waals surface area contributed by atoms with E-state index in [4.69, 9.17) is 16.3 Å². The van der Waals surface area contributed by atoms with E-state index in [1.807, 2.05) is 24.3 Å². The highest BCUT2D eigenvalue weighted by molar-refractivity contribution is 7.91. The van der Waals surface area contributed by atoms with Crippen molar-refractivity contribution in [3.63, 3.8) is 0 Å². The van der Waals surface area contributed by atoms with Gasteiger partial charge in [0.25, 0.3) is 0 Å². The maximum Gasteiger partial charge on any atom is 0.250 e. The number of sulfonamides is 1. The molecule has 1 N–H and O–H groups in total. The molecule has 0 radical (unpaired) electrons. The summed E-state index contributed by atoms with van der Waals surface area (Å²) in [6.45, 7) is 2.55. The van der Waals surface area contributed by atoms with Crippen molar-refractivity contribution < 1.29 is 13.2 Å². The first kappa shape index (κ1) is 16.3. The SMILES string of the molecule is CCc1ccc(OCCNS(=O)(=O)c2ccc(Cl)s2)cc1. The minimum absolute atomic E-state index is 0.202. The maximum atomic E-state index is 11.9. The number of hydrogen-bond donors (Lipinski definition) is 1. The summed E-state index contributed by atoms with van der Waals surface area (Å²) < 4.78 is 32.5. The molecule has 0 aliphatic carbocycles. The van der Waals surface area contributed by atoms with Crippen LogP contribution in [0.4, 0.5) is 0 Å². The van der Waals surface area contributed by atoms with Crippen LogP contribution in [-0.2, 0) is 16.4 Å². The smallest absolute Gasteiger partial charge is 0.250 e. The number of halogens is 1. The quantitative estimate of drug-likeness (QED) is 0.783. The van der Waals surface area contributed by atoms with E-state index in [1.165, 1.54) is 11.6 Å². The average Bonchev–Trinajstić information content (AvgIpc) is 2.92. The molecule has 1 aromatic heterocycles. The summed E-state index contributed by atoms with van der Waals surface area (Å²) in [5.41, 5.74) is 1.23. The molecule has 0 aliphatic rings. The van der Waals surface area contributed by atoms with E-state index in [2.05, 4.69) is 11.6 Å². The second-order valence-corrected chi connectivity index (χ2v) is 8.01. The van der Waals surface area contributed by atoms with Crippen molar-refractivity contribution >= 4 is 33.0 Å². The molecule has 0 aliphatic heterocycles. The Kier molecular flexibility index (Phi) is 5.64. The van der Waals surface area contributed by atoms with Gasteiger partial charge in [0.2, 0.25) is 10.0 Å². The van der Waals surface area contributed by atoms with Gasteiger partial charge in [0.05, 0.1) is 4.34 Å². The standard InChI is InChI=1S/C14H16ClNO3S2/c1-2-11-3-5-12(6-4-11)19-10-9-16-21(17,18)14-8-7-13(15)20-14/h3-8,16H,2,9-10H2,1H3. The van der Waals surface area contributed by atoms with E-state index in [1.54, 1.807) is 6.07 Å². The van der Waals surface area contributed by atoms with E-state index in [0.29, 0.717) is 4.34 Å². The summed E-state index contributed by atoms with van der Waals surface area (Å²) in [6.07, 6.45) is 0.976. The predicted molar refractivity (Wildman–Crippen MR) is 85.8 cm³/mol. The third-order valence-corrected chi connectivity index (χ3v) is 5.99. The Morgan fingerprint density at radius 2 is 1.90 bits per heavy atom. The largest absolute Gasteiger partial charge is 0.492 e. The van der Waals surface area contributed by atoms with Crippen LogP contribution in [0.5, 0.6) is 5.75 Å². The lowest BCUT2D eigenvalue weighted by molar-refractivity contribution is 0.323. The van der Waals surface area contributed by atoms with Crippen molar-refractivity contribution in [3.05, 3.63) is 46.3 Å². The molecule has 0 fully saturated rings. The first-order valence-corrected chi connectivity index (χ1v) is 9.16. The van der Waals surface area contributed by atoms with Crippen LogP contribution in [-0.4, -0.2) is 21.6 Å². The fourth-order valence-electron chi connectivity index (χ4n) is 1.68. The van der Waals surface area contributed by atoms with Crippen molar-refractivity contribution in [2.75, 3.05) is 13.2 Å². The zero-order valence-corrected chi connectivity index (χ0v) is 13.9. The van der Waals surface area contributed by atoms with Crippen LogP contribution in [0, 0.1) is 0 Å². The molecule has 0 saturated heterocycles. The number of hydrogen-bond acceptors (Lipinski definition) is 4. The Bertz CT molecular complexity index is 680. The highest BCUT2D eigenvalue weighted by Gasteiger charge is 2.15. The topological polar surface area (TPSA) is 55.4 Å². The van der Waals surface area contributed by atoms with E-state index in [-0.39, 0.29) is 17.4 Å². The van der Waals surface area contributed by atoms with Crippen LogP contribution in [0.25, 0.3) is 0 Å². The monoisotopic (exact) mass is 345 g/mol. The molecular formula is C14H16ClNO3S2. The molecule has 0 saturated carbocycles. The number of benzene rings is 1. The lowest BCUT2D eigenvalue weighted by Crippen LogP contribution is -2.27. The van der Waals surface area contributed by atoms with Gasteiger partial charge in [-0.05, 0) is 36.2 Å². The van der Waals surface area contributed by atoms with Gasteiger partial charge in [0, 0.05) is 6.54 Å². The van der Waals surface area contributed by atoms with Crippen LogP contribution >= 0.6 is 22.9 Å². The van der Waals surface area contributed by atoms with Gasteiger partial charge in [-0.25, -0.2) is 13.1 Å². The van der Waals surface area contributed by atoms with Gasteiger partial charge in [0.15, 0.2) is 0 Å². The molecule has 4 nitrogen and oxygen atoms in total. The second kappa shape index (κ2) is 7.26. The fourth-order valence-corrected chi connectivity index (χ4v) is 4.22. The molecule has 0 amide bonds. The lowest BCUT2D eigenvalue weighted by Gasteiger charge is -2.08. The minimum Gasteiger partial charge on any atom is -0.492 e. The van der Waals surface area contributed by atoms with Gasteiger partial charge >= 0.3 is 0 Å². The molecule has 0 spiro atoms. The molecule has 7 heteroatoms. The average molecular weight is 346 g/mol. The first-order chi connectivity index (χ1) is 10.0. The van der Waals surface area contributed by atoms with Gasteiger partial charge in [-0.15, -0.1) is 11.3 Å². The summed E-state index contributed by atoms with van der Waals surface area (Å²) in [6, 6.07) is 10.8. The number of thiophene rings is 1. The zero-order chi connectivity index (χ0) is 15.3. The van der Waals surface area contributed by atoms with E-state index in [0.717, 1.165) is 23.5 Å². The molecule has 114 valence electrons. The van der Waals surface area contributed by atoms with Crippen LogP contribution < -0.4 is 9.46 Å². The third-order valence-electron chi connectivity index (χ3n) is 2.81. The summed E-state index contributed by atoms with van der Waals surface area (Å²) >= 11 is 6.76. The number of nitrogens with one attached hydrogen (secondary N) is 1. The van der Waals surface area contributed by atoms with Crippen molar-refractivity contribution in [2.24, 2.45) is 0 Å². The van der Waals surface area contributed by atoms with Gasteiger partial charge < -0.3 is 4.74 Å². The molecule has 2 rings (SSSR count). The Hall–Kier alpha value is -1.08. The summed E-state index contributed by atoms with van der Waals surface area (Å²) in [7, 11) is -3.50. The van der Waals surface area contributed by atoms with Gasteiger partial charge in [-0.1, -0.05) is 30.7 Å². The lowest BCUT2D eigenvalue weighted by atomic mass is 10.2. The Balaban J connectivity index is 1.81. The van der Waals surface area contributed by atoms with E-state index in [9.17, 15) is 8.42 Å². The number of aryl methyl sites for hydroxylation is 1. The highest BCUT2D eigenvalue weighted by Crippen LogP contribution is 2.25. The zero-order valence-electron chi connectivity index (χ0n) is 11.5. The molecule has 0 atom stereocenters. The molecular weight excluding hydrogens is 330 g/mol. The normalized spacial score (nSPS) is 11.5. The van der Waals surface area contributed by atoms with Gasteiger partial charge in [-0.3, -0.25) is 0 Å². The molecule has 1 aromatic carbocycles. The Morgan fingerprint density at radius 1 is 1.19 bits per heavy atom. The fraction of sp³-hybridized carbons (Fsp3) is 0.286. The molecule has 0 bridgehead atoms. The summed E-state index contributed by atoms with van der Waals surface area (Å²) in [5, 5.41) is 0. The van der Waals surface area contributed by atoms with Crippen molar-refractivity contribution in [1.29, 1.82) is 0 Å². The third kappa shape index (κ3) is 4.71. The van der Waals surface area contributed by atoms with Crippen molar-refractivity contribution in [1.82, 2.24) is 4.72 Å². The van der Waals surface area contributed by atoms with Gasteiger partial charge in [0.1, 0.15) is 16.6 Å². The minimum atomic E-state index is -3.50. The Labute approximate surface area is 133 Å². The summed E-state index contributed by atoms with van der Waals surface area (Å²) in [5.74, 6) is 0.727. The van der Waals surface area contributed by atoms with Crippen LogP contribution in [0.15, 0.2) is 40.6 Å². The van der Waals surface area contributed by atoms with Crippen LogP contribution in [0.2, 0.25) is 4.34 Å². The molecule has 21 heavy (non-hydrogen) atoms. The first-order valence-electron chi connectivity index (χ1n) is 6.48. The maximum absolute atomic E-state index is 11.9. The van der Waals surface area contributed by atoms with E-state index < -0.39 is 10.0 Å². The summed E-state index contributed by atoms with van der Waals surface area (Å²) in [4.78, 5) is 0. The van der Waals surface area contributed by atoms with E-state index >= 15 is 0 Å². The number of rotatable bonds is 7.